The van der Waals surface area contributed by atoms with Gasteiger partial charge in [-0.05, 0) is 61.1 Å². The number of halogens is 1. The number of fused-ring (bicyclic) bond motifs is 3. The quantitative estimate of drug-likeness (QED) is 0.109. The van der Waals surface area contributed by atoms with E-state index in [4.69, 9.17) is 16.7 Å². The maximum absolute atomic E-state index is 12.7. The number of rotatable bonds is 7. The second-order valence-electron chi connectivity index (χ2n) is 8.87. The van der Waals surface area contributed by atoms with Gasteiger partial charge in [-0.25, -0.2) is 20.1 Å². The molecule has 3 aromatic heterocycles. The monoisotopic (exact) mass is 558 g/mol. The minimum absolute atomic E-state index is 0.205. The molecule has 1 aliphatic rings. The first-order valence-corrected chi connectivity index (χ1v) is 14.4. The number of nitrogens with one attached hydrogen (secondary N) is 1. The summed E-state index contributed by atoms with van der Waals surface area (Å²) in [6.07, 6.45) is 9.67. The Labute approximate surface area is 233 Å². The Morgan fingerprint density at radius 3 is 2.76 bits per heavy atom. The number of amides is 1. The third kappa shape index (κ3) is 5.22. The lowest BCUT2D eigenvalue weighted by atomic mass is 9.97. The summed E-state index contributed by atoms with van der Waals surface area (Å²) in [5.74, 6) is -0.00558. The number of thiophene rings is 1. The standard InChI is InChI=1S/C28H23ClN6OS2/c29-19-12-10-18(11-13-19)22-15-35(20-6-2-1-3-7-20)34-23(22)14-32-33-25(36)16-37-27-26-21-8-4-5-9-24(21)38-28(26)31-17-30-27/h1-3,6-7,10-15,17H,4-5,8-9,16H2,(H,33,36)/b32-14+. The maximum atomic E-state index is 12.7. The van der Waals surface area contributed by atoms with Crippen molar-refractivity contribution in [1.29, 1.82) is 0 Å². The number of para-hydroxylation sites is 1. The van der Waals surface area contributed by atoms with Crippen LogP contribution in [0.25, 0.3) is 27.0 Å². The molecule has 0 aliphatic heterocycles. The average Bonchev–Trinajstić information content (AvgIpc) is 3.55. The molecule has 190 valence electrons. The molecule has 0 spiro atoms. The number of hydrazone groups is 1. The van der Waals surface area contributed by atoms with Crippen molar-refractivity contribution in [3.63, 3.8) is 0 Å². The molecule has 1 amide bonds. The van der Waals surface area contributed by atoms with Gasteiger partial charge in [0.2, 0.25) is 5.91 Å². The normalized spacial score (nSPS) is 13.2. The fourth-order valence-corrected chi connectivity index (χ4v) is 6.79. The van der Waals surface area contributed by atoms with E-state index in [2.05, 4.69) is 20.5 Å². The summed E-state index contributed by atoms with van der Waals surface area (Å²) in [6.45, 7) is 0. The van der Waals surface area contributed by atoms with Crippen LogP contribution in [0.4, 0.5) is 0 Å². The minimum atomic E-state index is -0.211. The van der Waals surface area contributed by atoms with Gasteiger partial charge in [-0.2, -0.15) is 10.2 Å². The first kappa shape index (κ1) is 24.8. The van der Waals surface area contributed by atoms with Crippen LogP contribution in [-0.2, 0) is 17.6 Å². The summed E-state index contributed by atoms with van der Waals surface area (Å²) in [6, 6.07) is 17.4. The predicted octanol–water partition coefficient (Wildman–Crippen LogP) is 6.32. The zero-order valence-electron chi connectivity index (χ0n) is 20.3. The highest BCUT2D eigenvalue weighted by molar-refractivity contribution is 8.00. The molecular weight excluding hydrogens is 536 g/mol. The van der Waals surface area contributed by atoms with E-state index < -0.39 is 0 Å². The van der Waals surface area contributed by atoms with Crippen molar-refractivity contribution in [3.05, 3.63) is 88.3 Å². The van der Waals surface area contributed by atoms with Crippen LogP contribution in [0.3, 0.4) is 0 Å². The lowest BCUT2D eigenvalue weighted by molar-refractivity contribution is -0.118. The molecule has 0 saturated heterocycles. The number of nitrogens with zero attached hydrogens (tertiary/aromatic N) is 5. The Morgan fingerprint density at radius 2 is 1.92 bits per heavy atom. The number of carbonyl (C=O) groups is 1. The van der Waals surface area contributed by atoms with Gasteiger partial charge < -0.3 is 0 Å². The molecule has 1 N–H and O–H groups in total. The fraction of sp³-hybridized carbons (Fsp3) is 0.179. The summed E-state index contributed by atoms with van der Waals surface area (Å²) in [5.41, 5.74) is 7.39. The van der Waals surface area contributed by atoms with E-state index in [1.165, 1.54) is 35.0 Å². The van der Waals surface area contributed by atoms with Crippen LogP contribution in [0.2, 0.25) is 5.02 Å². The maximum Gasteiger partial charge on any atom is 0.250 e. The Balaban J connectivity index is 1.18. The van der Waals surface area contributed by atoms with E-state index in [0.717, 1.165) is 44.9 Å². The Morgan fingerprint density at radius 1 is 1.11 bits per heavy atom. The number of carbonyl (C=O) groups excluding carboxylic acids is 1. The van der Waals surface area contributed by atoms with Gasteiger partial charge in [-0.1, -0.05) is 53.7 Å². The smallest absolute Gasteiger partial charge is 0.250 e. The lowest BCUT2D eigenvalue weighted by Gasteiger charge is -2.11. The van der Waals surface area contributed by atoms with Crippen LogP contribution in [0.5, 0.6) is 0 Å². The van der Waals surface area contributed by atoms with Crippen LogP contribution in [0, 0.1) is 0 Å². The number of thioether (sulfide) groups is 1. The van der Waals surface area contributed by atoms with Gasteiger partial charge in [-0.15, -0.1) is 11.3 Å². The minimum Gasteiger partial charge on any atom is -0.272 e. The second kappa shape index (κ2) is 11.1. The van der Waals surface area contributed by atoms with Gasteiger partial charge in [0.15, 0.2) is 0 Å². The summed E-state index contributed by atoms with van der Waals surface area (Å²) in [4.78, 5) is 24.0. The van der Waals surface area contributed by atoms with Gasteiger partial charge in [0.1, 0.15) is 21.9 Å². The van der Waals surface area contributed by atoms with Gasteiger partial charge in [0, 0.05) is 27.0 Å². The number of hydrogen-bond donors (Lipinski definition) is 1. The molecule has 6 rings (SSSR count). The molecule has 38 heavy (non-hydrogen) atoms. The number of aryl methyl sites for hydroxylation is 2. The number of hydrogen-bond acceptors (Lipinski definition) is 7. The van der Waals surface area contributed by atoms with Crippen molar-refractivity contribution in [2.75, 3.05) is 5.75 Å². The van der Waals surface area contributed by atoms with Crippen LogP contribution in [0.1, 0.15) is 29.0 Å². The fourth-order valence-electron chi connectivity index (χ4n) is 4.55. The van der Waals surface area contributed by atoms with Gasteiger partial charge in [-0.3, -0.25) is 4.79 Å². The molecule has 0 atom stereocenters. The molecule has 0 bridgehead atoms. The topological polar surface area (TPSA) is 85.1 Å². The number of benzene rings is 2. The van der Waals surface area contributed by atoms with Crippen molar-refractivity contribution in [3.8, 4) is 16.8 Å². The Kier molecular flexibility index (Phi) is 7.22. The van der Waals surface area contributed by atoms with Crippen LogP contribution in [0.15, 0.2) is 77.2 Å². The van der Waals surface area contributed by atoms with E-state index in [0.29, 0.717) is 10.7 Å². The molecule has 0 radical (unpaired) electrons. The van der Waals surface area contributed by atoms with Crippen molar-refractivity contribution >= 4 is 57.0 Å². The zero-order chi connectivity index (χ0) is 25.9. The molecule has 3 heterocycles. The zero-order valence-corrected chi connectivity index (χ0v) is 22.7. The third-order valence-corrected chi connectivity index (χ3v) is 8.79. The summed E-state index contributed by atoms with van der Waals surface area (Å²) >= 11 is 9.27. The molecule has 2 aromatic carbocycles. The summed E-state index contributed by atoms with van der Waals surface area (Å²) in [5, 5.41) is 11.6. The lowest BCUT2D eigenvalue weighted by Crippen LogP contribution is -2.19. The van der Waals surface area contributed by atoms with Crippen molar-refractivity contribution in [1.82, 2.24) is 25.2 Å². The van der Waals surface area contributed by atoms with Gasteiger partial charge >= 0.3 is 0 Å². The van der Waals surface area contributed by atoms with Crippen molar-refractivity contribution in [2.24, 2.45) is 5.10 Å². The van der Waals surface area contributed by atoms with Crippen LogP contribution in [-0.4, -0.2) is 37.6 Å². The molecule has 10 heteroatoms. The highest BCUT2D eigenvalue weighted by Gasteiger charge is 2.20. The molecule has 1 aliphatic carbocycles. The van der Waals surface area contributed by atoms with E-state index in [1.54, 1.807) is 28.6 Å². The highest BCUT2D eigenvalue weighted by Crippen LogP contribution is 2.39. The molecule has 5 aromatic rings. The van der Waals surface area contributed by atoms with Crippen molar-refractivity contribution < 1.29 is 4.79 Å². The van der Waals surface area contributed by atoms with Crippen LogP contribution < -0.4 is 5.43 Å². The molecule has 0 fully saturated rings. The van der Waals surface area contributed by atoms with E-state index in [1.807, 2.05) is 60.8 Å². The first-order valence-electron chi connectivity index (χ1n) is 12.3. The van der Waals surface area contributed by atoms with Gasteiger partial charge in [0.05, 0.1) is 17.7 Å². The Hall–Kier alpha value is -3.53. The van der Waals surface area contributed by atoms with E-state index in [-0.39, 0.29) is 11.7 Å². The summed E-state index contributed by atoms with van der Waals surface area (Å²) < 4.78 is 1.80. The first-order chi connectivity index (χ1) is 18.7. The number of aromatic nitrogens is 4. The average molecular weight is 559 g/mol. The molecule has 0 unspecified atom stereocenters. The molecular formula is C28H23ClN6OS2. The van der Waals surface area contributed by atoms with Crippen molar-refractivity contribution in [2.45, 2.75) is 30.7 Å². The van der Waals surface area contributed by atoms with E-state index in [9.17, 15) is 4.79 Å². The SMILES string of the molecule is O=C(CSc1ncnc2sc3c(c12)CCCC3)N/N=C/c1nn(-c2ccccc2)cc1-c1ccc(Cl)cc1. The van der Waals surface area contributed by atoms with Crippen LogP contribution >= 0.6 is 34.7 Å². The highest BCUT2D eigenvalue weighted by atomic mass is 35.5. The summed E-state index contributed by atoms with van der Waals surface area (Å²) in [7, 11) is 0. The van der Waals surface area contributed by atoms with Gasteiger partial charge in [0.25, 0.3) is 0 Å². The Bertz CT molecular complexity index is 1630. The van der Waals surface area contributed by atoms with E-state index >= 15 is 0 Å². The molecule has 0 saturated carbocycles. The third-order valence-electron chi connectivity index (χ3n) is 6.35. The predicted molar refractivity (Wildman–Crippen MR) is 155 cm³/mol. The largest absolute Gasteiger partial charge is 0.272 e. The second-order valence-corrected chi connectivity index (χ2v) is 11.4. The molecule has 7 nitrogen and oxygen atoms in total.